The van der Waals surface area contributed by atoms with Crippen molar-refractivity contribution < 1.29 is 23.1 Å². The molecule has 2 N–H and O–H groups in total. The Bertz CT molecular complexity index is 219. The van der Waals surface area contributed by atoms with Crippen molar-refractivity contribution >= 4 is 6.09 Å². The van der Waals surface area contributed by atoms with E-state index in [1.54, 1.807) is 0 Å². The molecule has 0 aliphatic carbocycles. The fraction of sp³-hybridized carbons (Fsp3) is 0.857. The van der Waals surface area contributed by atoms with Gasteiger partial charge in [0.25, 0.3) is 0 Å². The Hall–Kier alpha value is -0.980. The zero-order valence-electron chi connectivity index (χ0n) is 7.34. The molecule has 1 saturated heterocycles. The van der Waals surface area contributed by atoms with Gasteiger partial charge in [0, 0.05) is 19.1 Å². The Morgan fingerprint density at radius 1 is 1.57 bits per heavy atom. The summed E-state index contributed by atoms with van der Waals surface area (Å²) >= 11 is 0. The Morgan fingerprint density at radius 3 is 2.64 bits per heavy atom. The van der Waals surface area contributed by atoms with Crippen molar-refractivity contribution in [2.45, 2.75) is 18.6 Å². The van der Waals surface area contributed by atoms with E-state index in [0.717, 1.165) is 4.90 Å². The number of nitrogens with zero attached hydrogens (tertiary/aromatic N) is 1. The summed E-state index contributed by atoms with van der Waals surface area (Å²) in [6.07, 6.45) is -4.89. The van der Waals surface area contributed by atoms with Crippen molar-refractivity contribution in [3.63, 3.8) is 0 Å². The summed E-state index contributed by atoms with van der Waals surface area (Å²) in [5.41, 5.74) is 0. The molecule has 0 radical (unpaired) electrons. The normalized spacial score (nSPS) is 22.8. The summed E-state index contributed by atoms with van der Waals surface area (Å²) in [6.45, 7) is -0.638. The quantitative estimate of drug-likeness (QED) is 0.714. The molecule has 1 aliphatic rings. The highest BCUT2D eigenvalue weighted by Crippen LogP contribution is 2.15. The van der Waals surface area contributed by atoms with Crippen LogP contribution in [0.2, 0.25) is 0 Å². The summed E-state index contributed by atoms with van der Waals surface area (Å²) in [6, 6.07) is -0.382. The Balaban J connectivity index is 2.26. The van der Waals surface area contributed by atoms with Crippen molar-refractivity contribution in [3.05, 3.63) is 0 Å². The van der Waals surface area contributed by atoms with Crippen LogP contribution < -0.4 is 5.32 Å². The average Bonchev–Trinajstić information content (AvgIpc) is 2.47. The SMILES string of the molecule is O=C(O)N1CC[C@H](NCC(F)(F)F)C1. The number of nitrogens with one attached hydrogen (secondary N) is 1. The maximum absolute atomic E-state index is 11.8. The molecule has 1 atom stereocenters. The number of alkyl halides is 3. The molecule has 0 saturated carbocycles. The third kappa shape index (κ3) is 3.41. The zero-order valence-corrected chi connectivity index (χ0v) is 7.34. The molecule has 0 aromatic rings. The minimum atomic E-state index is -4.24. The standard InChI is InChI=1S/C7H11F3N2O2/c8-7(9,10)4-11-5-1-2-12(3-5)6(13)14/h5,11H,1-4H2,(H,13,14)/t5-/m0/s1. The number of rotatable bonds is 2. The van der Waals surface area contributed by atoms with E-state index < -0.39 is 18.8 Å². The van der Waals surface area contributed by atoms with Crippen LogP contribution in [0.5, 0.6) is 0 Å². The highest BCUT2D eigenvalue weighted by Gasteiger charge is 2.31. The van der Waals surface area contributed by atoms with Gasteiger partial charge in [0.1, 0.15) is 0 Å². The molecule has 14 heavy (non-hydrogen) atoms. The second-order valence-electron chi connectivity index (χ2n) is 3.21. The van der Waals surface area contributed by atoms with Gasteiger partial charge in [-0.25, -0.2) is 4.79 Å². The number of carbonyl (C=O) groups is 1. The van der Waals surface area contributed by atoms with Crippen LogP contribution in [0.15, 0.2) is 0 Å². The van der Waals surface area contributed by atoms with Crippen LogP contribution in [0.4, 0.5) is 18.0 Å². The molecular formula is C7H11F3N2O2. The Morgan fingerprint density at radius 2 is 2.21 bits per heavy atom. The largest absolute Gasteiger partial charge is 0.465 e. The van der Waals surface area contributed by atoms with Crippen LogP contribution in [0.1, 0.15) is 6.42 Å². The first kappa shape index (κ1) is 11.1. The molecule has 1 aliphatic heterocycles. The molecule has 0 bridgehead atoms. The zero-order chi connectivity index (χ0) is 10.8. The third-order valence-corrected chi connectivity index (χ3v) is 2.05. The first-order valence-corrected chi connectivity index (χ1v) is 4.16. The smallest absolute Gasteiger partial charge is 0.407 e. The van der Waals surface area contributed by atoms with Crippen LogP contribution in [-0.4, -0.2) is 48.0 Å². The lowest BCUT2D eigenvalue weighted by Crippen LogP contribution is -2.39. The second kappa shape index (κ2) is 4.04. The predicted molar refractivity (Wildman–Crippen MR) is 42.1 cm³/mol. The fourth-order valence-corrected chi connectivity index (χ4v) is 1.36. The van der Waals surface area contributed by atoms with Crippen LogP contribution in [0.3, 0.4) is 0 Å². The van der Waals surface area contributed by atoms with Gasteiger partial charge < -0.3 is 15.3 Å². The molecule has 1 rings (SSSR count). The fourth-order valence-electron chi connectivity index (χ4n) is 1.36. The topological polar surface area (TPSA) is 52.6 Å². The van der Waals surface area contributed by atoms with Crippen LogP contribution in [0, 0.1) is 0 Å². The van der Waals surface area contributed by atoms with Gasteiger partial charge in [0.15, 0.2) is 0 Å². The van der Waals surface area contributed by atoms with Crippen LogP contribution >= 0.6 is 0 Å². The third-order valence-electron chi connectivity index (χ3n) is 2.05. The van der Waals surface area contributed by atoms with Crippen molar-refractivity contribution in [1.82, 2.24) is 10.2 Å². The Labute approximate surface area is 78.7 Å². The molecule has 0 unspecified atom stereocenters. The van der Waals surface area contributed by atoms with Crippen LogP contribution in [0.25, 0.3) is 0 Å². The maximum atomic E-state index is 11.8. The predicted octanol–water partition coefficient (Wildman–Crippen LogP) is 0.891. The number of hydrogen-bond donors (Lipinski definition) is 2. The summed E-state index contributed by atoms with van der Waals surface area (Å²) in [4.78, 5) is 11.5. The van der Waals surface area contributed by atoms with E-state index in [4.69, 9.17) is 5.11 Å². The lowest BCUT2D eigenvalue weighted by atomic mass is 10.2. The molecule has 1 fully saturated rings. The monoisotopic (exact) mass is 212 g/mol. The van der Waals surface area contributed by atoms with E-state index >= 15 is 0 Å². The molecule has 0 aromatic carbocycles. The summed E-state index contributed by atoms with van der Waals surface area (Å²) < 4.78 is 35.3. The van der Waals surface area contributed by atoms with E-state index in [9.17, 15) is 18.0 Å². The molecule has 1 heterocycles. The van der Waals surface area contributed by atoms with Gasteiger partial charge in [-0.05, 0) is 6.42 Å². The van der Waals surface area contributed by atoms with Crippen molar-refractivity contribution in [1.29, 1.82) is 0 Å². The number of hydrogen-bond acceptors (Lipinski definition) is 2. The van der Waals surface area contributed by atoms with Gasteiger partial charge in [-0.1, -0.05) is 0 Å². The molecule has 82 valence electrons. The van der Waals surface area contributed by atoms with E-state index in [1.807, 2.05) is 0 Å². The first-order valence-electron chi connectivity index (χ1n) is 4.16. The Kier molecular flexibility index (Phi) is 3.20. The molecule has 7 heteroatoms. The summed E-state index contributed by atoms with van der Waals surface area (Å²) in [5.74, 6) is 0. The number of amides is 1. The van der Waals surface area contributed by atoms with Crippen molar-refractivity contribution in [3.8, 4) is 0 Å². The van der Waals surface area contributed by atoms with Gasteiger partial charge in [0.2, 0.25) is 0 Å². The van der Waals surface area contributed by atoms with E-state index in [-0.39, 0.29) is 12.6 Å². The highest BCUT2D eigenvalue weighted by molar-refractivity contribution is 5.65. The first-order chi connectivity index (χ1) is 6.38. The molecular weight excluding hydrogens is 201 g/mol. The lowest BCUT2D eigenvalue weighted by molar-refractivity contribution is -0.126. The van der Waals surface area contributed by atoms with Gasteiger partial charge in [-0.3, -0.25) is 0 Å². The molecule has 0 spiro atoms. The lowest BCUT2D eigenvalue weighted by Gasteiger charge is -2.14. The van der Waals surface area contributed by atoms with Crippen LogP contribution in [-0.2, 0) is 0 Å². The van der Waals surface area contributed by atoms with E-state index in [1.165, 1.54) is 0 Å². The second-order valence-corrected chi connectivity index (χ2v) is 3.21. The van der Waals surface area contributed by atoms with Gasteiger partial charge in [-0.2, -0.15) is 13.2 Å². The van der Waals surface area contributed by atoms with Gasteiger partial charge in [0.05, 0.1) is 6.54 Å². The van der Waals surface area contributed by atoms with E-state index in [0.29, 0.717) is 13.0 Å². The average molecular weight is 212 g/mol. The number of carboxylic acid groups (broad SMARTS) is 1. The number of halogens is 3. The van der Waals surface area contributed by atoms with Crippen molar-refractivity contribution in [2.75, 3.05) is 19.6 Å². The highest BCUT2D eigenvalue weighted by atomic mass is 19.4. The van der Waals surface area contributed by atoms with Gasteiger partial charge >= 0.3 is 12.3 Å². The minimum Gasteiger partial charge on any atom is -0.465 e. The molecule has 1 amide bonds. The van der Waals surface area contributed by atoms with Crippen molar-refractivity contribution in [2.24, 2.45) is 0 Å². The van der Waals surface area contributed by atoms with E-state index in [2.05, 4.69) is 5.32 Å². The molecule has 0 aromatic heterocycles. The molecule has 4 nitrogen and oxygen atoms in total. The minimum absolute atomic E-state index is 0.130. The van der Waals surface area contributed by atoms with Gasteiger partial charge in [-0.15, -0.1) is 0 Å². The summed E-state index contributed by atoms with van der Waals surface area (Å²) in [5, 5.41) is 10.8. The maximum Gasteiger partial charge on any atom is 0.407 e. The number of likely N-dealkylation sites (tertiary alicyclic amines) is 1. The summed E-state index contributed by atoms with van der Waals surface area (Å²) in [7, 11) is 0.